The zero-order valence-electron chi connectivity index (χ0n) is 7.09. The molecule has 1 heterocycles. The van der Waals surface area contributed by atoms with Crippen molar-refractivity contribution in [3.05, 3.63) is 0 Å². The first-order chi connectivity index (χ1) is 5.05. The molecule has 1 aliphatic heterocycles. The molecule has 3 heteroatoms. The van der Waals surface area contributed by atoms with Crippen LogP contribution in [0.15, 0.2) is 0 Å². The summed E-state index contributed by atoms with van der Waals surface area (Å²) in [6.07, 6.45) is 1.53. The lowest BCUT2D eigenvalue weighted by atomic mass is 10.0. The van der Waals surface area contributed by atoms with Gasteiger partial charge in [0.15, 0.2) is 5.78 Å². The molecule has 1 aliphatic rings. The summed E-state index contributed by atoms with van der Waals surface area (Å²) in [5, 5.41) is 0. The van der Waals surface area contributed by atoms with Crippen LogP contribution >= 0.6 is 0 Å². The molecule has 0 aliphatic carbocycles. The maximum absolute atomic E-state index is 11.1. The SMILES string of the molecule is CC1(C)CC[C@H](C(=O)CN)O1. The van der Waals surface area contributed by atoms with Gasteiger partial charge in [0.1, 0.15) is 6.10 Å². The standard InChI is InChI=1S/C8H15NO2/c1-8(2)4-3-7(11-8)6(10)5-9/h7H,3-5,9H2,1-2H3/t7-/m1/s1. The predicted octanol–water partition coefficient (Wildman–Crippen LogP) is 0.472. The Balaban J connectivity index is 2.48. The van der Waals surface area contributed by atoms with E-state index in [1.54, 1.807) is 0 Å². The molecule has 0 spiro atoms. The van der Waals surface area contributed by atoms with Gasteiger partial charge in [-0.15, -0.1) is 0 Å². The summed E-state index contributed by atoms with van der Waals surface area (Å²) in [6, 6.07) is 0. The molecule has 11 heavy (non-hydrogen) atoms. The average molecular weight is 157 g/mol. The smallest absolute Gasteiger partial charge is 0.175 e. The average Bonchev–Trinajstić information content (AvgIpc) is 2.29. The number of rotatable bonds is 2. The van der Waals surface area contributed by atoms with Crippen LogP contribution < -0.4 is 5.73 Å². The van der Waals surface area contributed by atoms with E-state index in [0.29, 0.717) is 0 Å². The van der Waals surface area contributed by atoms with Gasteiger partial charge in [-0.25, -0.2) is 0 Å². The summed E-state index contributed by atoms with van der Waals surface area (Å²) < 4.78 is 5.47. The molecule has 1 saturated heterocycles. The lowest BCUT2D eigenvalue weighted by Crippen LogP contribution is -2.30. The Morgan fingerprint density at radius 2 is 2.36 bits per heavy atom. The van der Waals surface area contributed by atoms with Gasteiger partial charge in [-0.05, 0) is 26.7 Å². The summed E-state index contributed by atoms with van der Waals surface area (Å²) in [5.41, 5.74) is 5.08. The van der Waals surface area contributed by atoms with E-state index in [1.807, 2.05) is 13.8 Å². The van der Waals surface area contributed by atoms with E-state index < -0.39 is 0 Å². The first-order valence-electron chi connectivity index (χ1n) is 3.96. The Labute approximate surface area is 66.9 Å². The van der Waals surface area contributed by atoms with Crippen LogP contribution in [-0.4, -0.2) is 24.0 Å². The highest BCUT2D eigenvalue weighted by atomic mass is 16.5. The molecule has 1 rings (SSSR count). The van der Waals surface area contributed by atoms with Crippen LogP contribution in [0.3, 0.4) is 0 Å². The summed E-state index contributed by atoms with van der Waals surface area (Å²) in [4.78, 5) is 11.1. The Morgan fingerprint density at radius 1 is 1.73 bits per heavy atom. The number of ether oxygens (including phenoxy) is 1. The van der Waals surface area contributed by atoms with Gasteiger partial charge in [0, 0.05) is 0 Å². The van der Waals surface area contributed by atoms with Gasteiger partial charge < -0.3 is 10.5 Å². The van der Waals surface area contributed by atoms with Crippen LogP contribution in [0.1, 0.15) is 26.7 Å². The number of nitrogens with two attached hydrogens (primary N) is 1. The van der Waals surface area contributed by atoms with Crippen molar-refractivity contribution in [2.45, 2.75) is 38.4 Å². The van der Waals surface area contributed by atoms with Crippen LogP contribution in [0.4, 0.5) is 0 Å². The second kappa shape index (κ2) is 2.91. The lowest BCUT2D eigenvalue weighted by Gasteiger charge is -2.17. The van der Waals surface area contributed by atoms with E-state index >= 15 is 0 Å². The molecule has 0 radical (unpaired) electrons. The molecule has 0 bridgehead atoms. The van der Waals surface area contributed by atoms with E-state index in [0.717, 1.165) is 12.8 Å². The van der Waals surface area contributed by atoms with E-state index in [2.05, 4.69) is 0 Å². The minimum Gasteiger partial charge on any atom is -0.365 e. The fourth-order valence-corrected chi connectivity index (χ4v) is 1.34. The highest BCUT2D eigenvalue weighted by molar-refractivity contribution is 5.85. The molecule has 64 valence electrons. The zero-order chi connectivity index (χ0) is 8.48. The van der Waals surface area contributed by atoms with Crippen LogP contribution in [0, 0.1) is 0 Å². The molecular formula is C8H15NO2. The maximum atomic E-state index is 11.1. The Hall–Kier alpha value is -0.410. The molecule has 2 N–H and O–H groups in total. The number of hydrogen-bond donors (Lipinski definition) is 1. The first kappa shape index (κ1) is 8.68. The number of carbonyl (C=O) groups is 1. The normalized spacial score (nSPS) is 28.8. The minimum absolute atomic E-state index is 0.0237. The van der Waals surface area contributed by atoms with Crippen LogP contribution in [-0.2, 0) is 9.53 Å². The van der Waals surface area contributed by atoms with E-state index in [1.165, 1.54) is 0 Å². The van der Waals surface area contributed by atoms with E-state index in [-0.39, 0.29) is 24.0 Å². The van der Waals surface area contributed by atoms with Gasteiger partial charge in [-0.3, -0.25) is 4.79 Å². The summed E-state index contributed by atoms with van der Waals surface area (Å²) in [7, 11) is 0. The third kappa shape index (κ3) is 2.01. The maximum Gasteiger partial charge on any atom is 0.175 e. The monoisotopic (exact) mass is 157 g/mol. The van der Waals surface area contributed by atoms with E-state index in [9.17, 15) is 4.79 Å². The lowest BCUT2D eigenvalue weighted by molar-refractivity contribution is -0.131. The van der Waals surface area contributed by atoms with Crippen molar-refractivity contribution in [3.63, 3.8) is 0 Å². The third-order valence-electron chi connectivity index (χ3n) is 2.03. The molecule has 0 unspecified atom stereocenters. The second-order valence-electron chi connectivity index (χ2n) is 3.58. The molecule has 3 nitrogen and oxygen atoms in total. The first-order valence-corrected chi connectivity index (χ1v) is 3.96. The van der Waals surface area contributed by atoms with Crippen molar-refractivity contribution in [3.8, 4) is 0 Å². The molecule has 0 amide bonds. The predicted molar refractivity (Wildman–Crippen MR) is 42.2 cm³/mol. The van der Waals surface area contributed by atoms with Gasteiger partial charge in [0.05, 0.1) is 12.1 Å². The van der Waals surface area contributed by atoms with E-state index in [4.69, 9.17) is 10.5 Å². The van der Waals surface area contributed by atoms with Crippen molar-refractivity contribution in [2.24, 2.45) is 5.73 Å². The Kier molecular flexibility index (Phi) is 2.30. The van der Waals surface area contributed by atoms with Gasteiger partial charge in [0.2, 0.25) is 0 Å². The molecular weight excluding hydrogens is 142 g/mol. The topological polar surface area (TPSA) is 52.3 Å². The van der Waals surface area contributed by atoms with Crippen LogP contribution in [0.2, 0.25) is 0 Å². The van der Waals surface area contributed by atoms with Crippen molar-refractivity contribution >= 4 is 5.78 Å². The fourth-order valence-electron chi connectivity index (χ4n) is 1.34. The van der Waals surface area contributed by atoms with Crippen molar-refractivity contribution in [1.29, 1.82) is 0 Å². The number of Topliss-reactive ketones (excluding diaryl/α,β-unsaturated/α-hetero) is 1. The highest BCUT2D eigenvalue weighted by Gasteiger charge is 2.34. The zero-order valence-corrected chi connectivity index (χ0v) is 7.09. The minimum atomic E-state index is -0.241. The largest absolute Gasteiger partial charge is 0.365 e. The molecule has 0 saturated carbocycles. The summed E-state index contributed by atoms with van der Waals surface area (Å²) >= 11 is 0. The second-order valence-corrected chi connectivity index (χ2v) is 3.58. The molecule has 1 atom stereocenters. The van der Waals surface area contributed by atoms with Gasteiger partial charge in [-0.2, -0.15) is 0 Å². The van der Waals surface area contributed by atoms with Gasteiger partial charge in [0.25, 0.3) is 0 Å². The Bertz CT molecular complexity index is 165. The highest BCUT2D eigenvalue weighted by Crippen LogP contribution is 2.29. The van der Waals surface area contributed by atoms with Crippen molar-refractivity contribution < 1.29 is 9.53 Å². The summed E-state index contributed by atoms with van der Waals surface area (Å²) in [6.45, 7) is 4.09. The van der Waals surface area contributed by atoms with Gasteiger partial charge in [-0.1, -0.05) is 0 Å². The Morgan fingerprint density at radius 3 is 2.73 bits per heavy atom. The molecule has 0 aromatic carbocycles. The number of carbonyl (C=O) groups excluding carboxylic acids is 1. The van der Waals surface area contributed by atoms with Crippen LogP contribution in [0.5, 0.6) is 0 Å². The van der Waals surface area contributed by atoms with Crippen LogP contribution in [0.25, 0.3) is 0 Å². The molecule has 0 aromatic rings. The number of ketones is 1. The number of hydrogen-bond acceptors (Lipinski definition) is 3. The molecule has 1 fully saturated rings. The van der Waals surface area contributed by atoms with Crippen molar-refractivity contribution in [2.75, 3.05) is 6.54 Å². The van der Waals surface area contributed by atoms with Crippen molar-refractivity contribution in [1.82, 2.24) is 0 Å². The molecule has 0 aromatic heterocycles. The fraction of sp³-hybridized carbons (Fsp3) is 0.875. The summed E-state index contributed by atoms with van der Waals surface area (Å²) in [5.74, 6) is 0.0237. The van der Waals surface area contributed by atoms with Gasteiger partial charge >= 0.3 is 0 Å². The third-order valence-corrected chi connectivity index (χ3v) is 2.03. The quantitative estimate of drug-likeness (QED) is 0.634.